The first-order chi connectivity index (χ1) is 13.0. The van der Waals surface area contributed by atoms with Crippen molar-refractivity contribution in [2.45, 2.75) is 43.5 Å². The van der Waals surface area contributed by atoms with E-state index in [1.165, 1.54) is 35.9 Å². The number of amides is 1. The molecule has 0 spiro atoms. The minimum absolute atomic E-state index is 0.0748. The van der Waals surface area contributed by atoms with Gasteiger partial charge >= 0.3 is 0 Å². The summed E-state index contributed by atoms with van der Waals surface area (Å²) in [4.78, 5) is 12.3. The third-order valence-electron chi connectivity index (χ3n) is 5.13. The lowest BCUT2D eigenvalue weighted by atomic mass is 9.78. The van der Waals surface area contributed by atoms with Gasteiger partial charge in [0.1, 0.15) is 5.75 Å². The summed E-state index contributed by atoms with van der Waals surface area (Å²) in [6, 6.07) is 7.91. The lowest BCUT2D eigenvalue weighted by Gasteiger charge is -2.34. The number of carbonyl (C=O) groups excluding carboxylic acids is 1. The fourth-order valence-electron chi connectivity index (χ4n) is 3.28. The molecule has 1 amide bonds. The highest BCUT2D eigenvalue weighted by molar-refractivity contribution is 8.01. The van der Waals surface area contributed by atoms with Crippen molar-refractivity contribution in [1.29, 1.82) is 0 Å². The first-order valence-electron chi connectivity index (χ1n) is 9.22. The van der Waals surface area contributed by atoms with Gasteiger partial charge in [0, 0.05) is 11.7 Å². The second-order valence-corrected chi connectivity index (χ2v) is 9.16. The molecule has 146 valence electrons. The largest absolute Gasteiger partial charge is 0.497 e. The predicted molar refractivity (Wildman–Crippen MR) is 111 cm³/mol. The van der Waals surface area contributed by atoms with Gasteiger partial charge in [-0.05, 0) is 42.5 Å². The molecule has 1 heterocycles. The molecule has 0 saturated heterocycles. The van der Waals surface area contributed by atoms with E-state index in [-0.39, 0.29) is 5.91 Å². The zero-order chi connectivity index (χ0) is 19.2. The molecule has 3 atom stereocenters. The van der Waals surface area contributed by atoms with Gasteiger partial charge in [0.05, 0.1) is 12.9 Å². The number of carbonyl (C=O) groups is 1. The molecule has 1 fully saturated rings. The maximum absolute atomic E-state index is 12.3. The Morgan fingerprint density at radius 3 is 2.78 bits per heavy atom. The Kier molecular flexibility index (Phi) is 6.95. The minimum atomic E-state index is 0.0748. The summed E-state index contributed by atoms with van der Waals surface area (Å²) in [6.45, 7) is 4.51. The van der Waals surface area contributed by atoms with E-state index >= 15 is 0 Å². The summed E-state index contributed by atoms with van der Waals surface area (Å²) in [5.74, 6) is 2.46. The van der Waals surface area contributed by atoms with E-state index in [0.29, 0.717) is 28.8 Å². The van der Waals surface area contributed by atoms with E-state index in [1.807, 2.05) is 24.3 Å². The van der Waals surface area contributed by atoms with Gasteiger partial charge in [0.15, 0.2) is 4.34 Å². The monoisotopic (exact) mass is 406 g/mol. The van der Waals surface area contributed by atoms with Gasteiger partial charge in [-0.1, -0.05) is 49.8 Å². The van der Waals surface area contributed by atoms with E-state index in [1.54, 1.807) is 7.11 Å². The molecular formula is C19H26N4O2S2. The quantitative estimate of drug-likeness (QED) is 0.667. The van der Waals surface area contributed by atoms with Crippen LogP contribution in [-0.4, -0.2) is 35.0 Å². The van der Waals surface area contributed by atoms with Gasteiger partial charge in [-0.15, -0.1) is 10.2 Å². The summed E-state index contributed by atoms with van der Waals surface area (Å²) < 4.78 is 5.93. The lowest BCUT2D eigenvalue weighted by molar-refractivity contribution is -0.119. The molecule has 27 heavy (non-hydrogen) atoms. The van der Waals surface area contributed by atoms with Crippen LogP contribution in [0.1, 0.15) is 33.1 Å². The minimum Gasteiger partial charge on any atom is -0.497 e. The molecule has 1 saturated carbocycles. The first-order valence-corrected chi connectivity index (χ1v) is 11.0. The number of nitrogens with zero attached hydrogens (tertiary/aromatic N) is 2. The van der Waals surface area contributed by atoms with Crippen molar-refractivity contribution in [2.24, 2.45) is 11.8 Å². The van der Waals surface area contributed by atoms with Crippen LogP contribution in [0.3, 0.4) is 0 Å². The number of aromatic nitrogens is 2. The van der Waals surface area contributed by atoms with E-state index < -0.39 is 0 Å². The standard InChI is InChI=1S/C19H26N4O2S2/c1-12-5-4-6-16(13(12)2)21-17(24)11-26-19-23-22-18(27-19)20-14-7-9-15(25-3)10-8-14/h7-10,12-13,16H,4-6,11H2,1-3H3,(H,20,22)(H,21,24). The van der Waals surface area contributed by atoms with E-state index in [4.69, 9.17) is 4.74 Å². The van der Waals surface area contributed by atoms with Crippen molar-refractivity contribution in [3.8, 4) is 5.75 Å². The maximum Gasteiger partial charge on any atom is 0.230 e. The van der Waals surface area contributed by atoms with E-state index in [2.05, 4.69) is 34.7 Å². The molecule has 2 N–H and O–H groups in total. The molecule has 1 aromatic heterocycles. The average molecular weight is 407 g/mol. The molecule has 0 aliphatic heterocycles. The van der Waals surface area contributed by atoms with Gasteiger partial charge in [-0.3, -0.25) is 4.79 Å². The van der Waals surface area contributed by atoms with Crippen LogP contribution in [0.4, 0.5) is 10.8 Å². The summed E-state index contributed by atoms with van der Waals surface area (Å²) >= 11 is 2.87. The van der Waals surface area contributed by atoms with Crippen molar-refractivity contribution in [1.82, 2.24) is 15.5 Å². The summed E-state index contributed by atoms with van der Waals surface area (Å²) in [6.07, 6.45) is 3.54. The van der Waals surface area contributed by atoms with Crippen molar-refractivity contribution in [3.63, 3.8) is 0 Å². The van der Waals surface area contributed by atoms with Crippen LogP contribution in [0.15, 0.2) is 28.6 Å². The predicted octanol–water partition coefficient (Wildman–Crippen LogP) is 4.32. The average Bonchev–Trinajstić information content (AvgIpc) is 3.12. The van der Waals surface area contributed by atoms with Crippen LogP contribution in [-0.2, 0) is 4.79 Å². The summed E-state index contributed by atoms with van der Waals surface area (Å²) in [7, 11) is 1.64. The lowest BCUT2D eigenvalue weighted by Crippen LogP contribution is -2.44. The zero-order valence-corrected chi connectivity index (χ0v) is 17.5. The molecule has 2 aromatic rings. The Balaban J connectivity index is 1.46. The fourth-order valence-corrected chi connectivity index (χ4v) is 4.86. The van der Waals surface area contributed by atoms with Crippen molar-refractivity contribution >= 4 is 39.8 Å². The zero-order valence-electron chi connectivity index (χ0n) is 15.9. The van der Waals surface area contributed by atoms with Crippen LogP contribution in [0.25, 0.3) is 0 Å². The highest BCUT2D eigenvalue weighted by atomic mass is 32.2. The van der Waals surface area contributed by atoms with Crippen LogP contribution in [0.2, 0.25) is 0 Å². The molecule has 0 bridgehead atoms. The fraction of sp³-hybridized carbons (Fsp3) is 0.526. The van der Waals surface area contributed by atoms with Crippen LogP contribution < -0.4 is 15.4 Å². The second kappa shape index (κ2) is 9.41. The smallest absolute Gasteiger partial charge is 0.230 e. The van der Waals surface area contributed by atoms with Gasteiger partial charge < -0.3 is 15.4 Å². The summed E-state index contributed by atoms with van der Waals surface area (Å²) in [5, 5.41) is 15.4. The summed E-state index contributed by atoms with van der Waals surface area (Å²) in [5.41, 5.74) is 0.918. The number of methoxy groups -OCH3 is 1. The van der Waals surface area contributed by atoms with Crippen molar-refractivity contribution in [2.75, 3.05) is 18.2 Å². The van der Waals surface area contributed by atoms with Gasteiger partial charge in [0.25, 0.3) is 0 Å². The Hall–Kier alpha value is -1.80. The number of nitrogens with one attached hydrogen (secondary N) is 2. The van der Waals surface area contributed by atoms with E-state index in [9.17, 15) is 4.79 Å². The topological polar surface area (TPSA) is 76.1 Å². The SMILES string of the molecule is COc1ccc(Nc2nnc(SCC(=O)NC3CCCC(C)C3C)s2)cc1. The Labute approximate surface area is 168 Å². The molecule has 0 radical (unpaired) electrons. The second-order valence-electron chi connectivity index (χ2n) is 6.96. The number of hydrogen-bond donors (Lipinski definition) is 2. The Morgan fingerprint density at radius 1 is 1.26 bits per heavy atom. The highest BCUT2D eigenvalue weighted by Crippen LogP contribution is 2.30. The molecule has 1 aliphatic rings. The van der Waals surface area contributed by atoms with Gasteiger partial charge in [-0.2, -0.15) is 0 Å². The number of rotatable bonds is 7. The molecule has 3 rings (SSSR count). The molecule has 6 nitrogen and oxygen atoms in total. The highest BCUT2D eigenvalue weighted by Gasteiger charge is 2.28. The van der Waals surface area contributed by atoms with Gasteiger partial charge in [-0.25, -0.2) is 0 Å². The number of hydrogen-bond acceptors (Lipinski definition) is 7. The maximum atomic E-state index is 12.3. The first kappa shape index (κ1) is 19.9. The van der Waals surface area contributed by atoms with Crippen molar-refractivity contribution < 1.29 is 9.53 Å². The molecule has 3 unspecified atom stereocenters. The number of benzene rings is 1. The molecule has 1 aliphatic carbocycles. The van der Waals surface area contributed by atoms with Crippen LogP contribution >= 0.6 is 23.1 Å². The van der Waals surface area contributed by atoms with Crippen molar-refractivity contribution in [3.05, 3.63) is 24.3 Å². The van der Waals surface area contributed by atoms with Crippen LogP contribution in [0.5, 0.6) is 5.75 Å². The number of anilines is 2. The Bertz CT molecular complexity index is 750. The van der Waals surface area contributed by atoms with Gasteiger partial charge in [0.2, 0.25) is 11.0 Å². The number of thioether (sulfide) groups is 1. The Morgan fingerprint density at radius 2 is 2.04 bits per heavy atom. The number of ether oxygens (including phenoxy) is 1. The molecule has 1 aromatic carbocycles. The van der Waals surface area contributed by atoms with Crippen LogP contribution in [0, 0.1) is 11.8 Å². The third kappa shape index (κ3) is 5.59. The van der Waals surface area contributed by atoms with E-state index in [0.717, 1.165) is 22.2 Å². The molecule has 8 heteroatoms. The third-order valence-corrected chi connectivity index (χ3v) is 7.10. The normalized spacial score (nSPS) is 22.3. The molecular weight excluding hydrogens is 380 g/mol.